The minimum atomic E-state index is -3.90. The molecule has 2 N–H and O–H groups in total. The van der Waals surface area contributed by atoms with E-state index in [1.807, 2.05) is 0 Å². The van der Waals surface area contributed by atoms with E-state index in [2.05, 4.69) is 16.6 Å². The van der Waals surface area contributed by atoms with Gasteiger partial charge < -0.3 is 24.8 Å². The van der Waals surface area contributed by atoms with E-state index in [0.717, 1.165) is 5.56 Å². The van der Waals surface area contributed by atoms with Crippen LogP contribution in [0, 0.1) is 0 Å². The summed E-state index contributed by atoms with van der Waals surface area (Å²) in [6, 6.07) is 3.56. The second kappa shape index (κ2) is 8.23. The summed E-state index contributed by atoms with van der Waals surface area (Å²) in [6.45, 7) is 5.50. The van der Waals surface area contributed by atoms with Crippen molar-refractivity contribution in [3.05, 3.63) is 54.8 Å². The van der Waals surface area contributed by atoms with Gasteiger partial charge in [-0.15, -0.1) is 0 Å². The van der Waals surface area contributed by atoms with Crippen LogP contribution in [-0.2, 0) is 32.3 Å². The number of rotatable bonds is 5. The fourth-order valence-electron chi connectivity index (χ4n) is 4.21. The van der Waals surface area contributed by atoms with Crippen molar-refractivity contribution in [1.82, 2.24) is 9.88 Å². The van der Waals surface area contributed by atoms with Crippen LogP contribution in [0.25, 0.3) is 0 Å². The first-order chi connectivity index (χ1) is 15.8. The van der Waals surface area contributed by atoms with Crippen LogP contribution in [0.1, 0.15) is 25.0 Å². The van der Waals surface area contributed by atoms with Gasteiger partial charge in [-0.1, -0.05) is 6.58 Å². The molecule has 2 unspecified atom stereocenters. The van der Waals surface area contributed by atoms with E-state index >= 15 is 0 Å². The van der Waals surface area contributed by atoms with Crippen LogP contribution < -0.4 is 5.73 Å². The molecule has 0 radical (unpaired) electrons. The third-order valence-corrected chi connectivity index (χ3v) is 7.28. The van der Waals surface area contributed by atoms with E-state index in [-0.39, 0.29) is 19.0 Å². The lowest BCUT2D eigenvalue weighted by Crippen LogP contribution is -2.50. The molecule has 4 aliphatic heterocycles. The third-order valence-electron chi connectivity index (χ3n) is 5.80. The first kappa shape index (κ1) is 22.1. The Hall–Kier alpha value is -2.76. The highest BCUT2D eigenvalue weighted by molar-refractivity contribution is 7.48. The lowest BCUT2D eigenvalue weighted by molar-refractivity contribution is -0.107. The van der Waals surface area contributed by atoms with Gasteiger partial charge >= 0.3 is 14.0 Å². The number of hydrogen-bond acceptors (Lipinski definition) is 12. The van der Waals surface area contributed by atoms with Crippen molar-refractivity contribution in [2.75, 3.05) is 13.2 Å². The van der Waals surface area contributed by atoms with E-state index in [1.54, 1.807) is 48.6 Å². The summed E-state index contributed by atoms with van der Waals surface area (Å²) in [7, 11) is -3.90. The first-order valence-electron chi connectivity index (χ1n) is 10.3. The number of phosphoric ester groups is 1. The summed E-state index contributed by atoms with van der Waals surface area (Å²) in [5.74, 6) is 0.584. The highest BCUT2D eigenvalue weighted by Gasteiger charge is 2.65. The molecule has 176 valence electrons. The van der Waals surface area contributed by atoms with E-state index in [4.69, 9.17) is 33.5 Å². The minimum absolute atomic E-state index is 0.190. The number of nitrogens with two attached hydrogens (primary N) is 1. The van der Waals surface area contributed by atoms with Crippen molar-refractivity contribution in [2.24, 2.45) is 10.7 Å². The van der Waals surface area contributed by atoms with E-state index in [1.165, 1.54) is 0 Å². The molecule has 0 spiro atoms. The molecule has 3 saturated heterocycles. The van der Waals surface area contributed by atoms with Crippen LogP contribution in [0.2, 0.25) is 0 Å². The Morgan fingerprint density at radius 1 is 1.39 bits per heavy atom. The largest absolute Gasteiger partial charge is 0.509 e. The number of aromatic nitrogens is 1. The summed E-state index contributed by atoms with van der Waals surface area (Å²) in [5.41, 5.74) is 5.32. The number of aliphatic imine (C=N–C) groups is 1. The predicted molar refractivity (Wildman–Crippen MR) is 112 cm³/mol. The third kappa shape index (κ3) is 4.04. The van der Waals surface area contributed by atoms with Gasteiger partial charge in [0.05, 0.1) is 19.3 Å². The second-order valence-electron chi connectivity index (χ2n) is 8.02. The van der Waals surface area contributed by atoms with Crippen molar-refractivity contribution in [2.45, 2.75) is 43.5 Å². The molecule has 0 saturated carbocycles. The van der Waals surface area contributed by atoms with Gasteiger partial charge in [-0.3, -0.25) is 18.6 Å². The summed E-state index contributed by atoms with van der Waals surface area (Å²) in [5, 5.41) is 0. The molecule has 1 aromatic rings. The van der Waals surface area contributed by atoms with Crippen molar-refractivity contribution in [3.63, 3.8) is 0 Å². The number of hydrogen-bond donors (Lipinski definition) is 1. The van der Waals surface area contributed by atoms with Crippen LogP contribution in [0.15, 0.2) is 54.2 Å². The maximum Gasteiger partial charge on any atom is 0.509 e. The molecular formula is C20H23N4O8P. The summed E-state index contributed by atoms with van der Waals surface area (Å²) in [4.78, 5) is 21.7. The SMILES string of the molecule is C=C1N=C(N)C=CN1[C@@H]1O[C@H](COP2(=O)OCCC(c3ccncc3)O2)[C@H]2OC(=O)O[C@]21C. The molecule has 12 nitrogen and oxygen atoms in total. The fraction of sp³-hybridized carbons (Fsp3) is 0.450. The number of nitrogens with zero attached hydrogens (tertiary/aromatic N) is 3. The molecule has 33 heavy (non-hydrogen) atoms. The van der Waals surface area contributed by atoms with E-state index < -0.39 is 44.1 Å². The van der Waals surface area contributed by atoms with Crippen LogP contribution in [0.4, 0.5) is 4.79 Å². The van der Waals surface area contributed by atoms with Crippen molar-refractivity contribution in [1.29, 1.82) is 0 Å². The molecule has 6 atom stereocenters. The van der Waals surface area contributed by atoms with Crippen LogP contribution in [0.5, 0.6) is 0 Å². The maximum absolute atomic E-state index is 13.1. The monoisotopic (exact) mass is 478 g/mol. The maximum atomic E-state index is 13.1. The quantitative estimate of drug-likeness (QED) is 0.492. The highest BCUT2D eigenvalue weighted by Crippen LogP contribution is 2.57. The van der Waals surface area contributed by atoms with Crippen molar-refractivity contribution < 1.29 is 37.1 Å². The summed E-state index contributed by atoms with van der Waals surface area (Å²) in [6.07, 6.45) is 3.16. The van der Waals surface area contributed by atoms with Crippen LogP contribution in [0.3, 0.4) is 0 Å². The second-order valence-corrected chi connectivity index (χ2v) is 9.64. The van der Waals surface area contributed by atoms with Gasteiger partial charge in [0.2, 0.25) is 0 Å². The normalized spacial score (nSPS) is 38.0. The summed E-state index contributed by atoms with van der Waals surface area (Å²) >= 11 is 0. The standard InChI is InChI=1S/C20H23N4O8P/c1-12-23-16(21)5-9-24(12)18-20(2)17(30-19(25)31-20)15(29-18)11-28-33(26)27-10-6-14(32-33)13-3-7-22-8-4-13/h3-5,7-9,14-15,17-18H,1,6,10-11H2,2H3,(H2,21,23)/t14?,15-,17-,18-,20-,33?/m1/s1. The first-order valence-corrected chi connectivity index (χ1v) is 11.8. The molecule has 0 bridgehead atoms. The van der Waals surface area contributed by atoms with E-state index in [0.29, 0.717) is 12.2 Å². The molecule has 0 amide bonds. The number of amidine groups is 1. The Morgan fingerprint density at radius 2 is 2.18 bits per heavy atom. The molecule has 5 heterocycles. The Labute approximate surface area is 189 Å². The van der Waals surface area contributed by atoms with Crippen molar-refractivity contribution in [3.8, 4) is 0 Å². The van der Waals surface area contributed by atoms with Gasteiger partial charge in [-0.25, -0.2) is 14.4 Å². The van der Waals surface area contributed by atoms with Gasteiger partial charge in [0.25, 0.3) is 0 Å². The molecule has 4 aliphatic rings. The summed E-state index contributed by atoms with van der Waals surface area (Å²) < 4.78 is 46.7. The number of fused-ring (bicyclic) bond motifs is 1. The lowest BCUT2D eigenvalue weighted by atomic mass is 9.96. The predicted octanol–water partition coefficient (Wildman–Crippen LogP) is 2.36. The Balaban J connectivity index is 1.30. The Morgan fingerprint density at radius 3 is 2.94 bits per heavy atom. The number of ether oxygens (including phenoxy) is 3. The topological polar surface area (TPSA) is 144 Å². The smallest absolute Gasteiger partial charge is 0.424 e. The van der Waals surface area contributed by atoms with Gasteiger partial charge in [-0.2, -0.15) is 0 Å². The van der Waals surface area contributed by atoms with Gasteiger partial charge in [0.1, 0.15) is 17.8 Å². The average Bonchev–Trinajstić information content (AvgIpc) is 3.23. The molecule has 13 heteroatoms. The van der Waals surface area contributed by atoms with E-state index in [9.17, 15) is 9.36 Å². The number of phosphoric acid groups is 1. The van der Waals surface area contributed by atoms with Gasteiger partial charge in [0, 0.05) is 25.0 Å². The zero-order valence-electron chi connectivity index (χ0n) is 17.7. The van der Waals surface area contributed by atoms with Gasteiger partial charge in [-0.05, 0) is 30.7 Å². The average molecular weight is 478 g/mol. The molecule has 3 fully saturated rings. The van der Waals surface area contributed by atoms with Gasteiger partial charge in [0.15, 0.2) is 17.9 Å². The number of pyridine rings is 1. The van der Waals surface area contributed by atoms with Crippen molar-refractivity contribution >= 4 is 19.8 Å². The highest BCUT2D eigenvalue weighted by atomic mass is 31.2. The fourth-order valence-corrected chi connectivity index (χ4v) is 5.60. The molecule has 0 aliphatic carbocycles. The Bertz CT molecular complexity index is 1070. The molecule has 1 aromatic heterocycles. The number of carbonyl (C=O) groups is 1. The molecule has 0 aromatic carbocycles. The van der Waals surface area contributed by atoms with Crippen LogP contribution >= 0.6 is 7.82 Å². The zero-order valence-corrected chi connectivity index (χ0v) is 18.6. The zero-order chi connectivity index (χ0) is 23.2. The molecule has 5 rings (SSSR count). The lowest BCUT2D eigenvalue weighted by Gasteiger charge is -2.35. The molecular weight excluding hydrogens is 455 g/mol. The Kier molecular flexibility index (Phi) is 5.50. The number of carbonyl (C=O) groups excluding carboxylic acids is 1. The minimum Gasteiger partial charge on any atom is -0.424 e. The van der Waals surface area contributed by atoms with Crippen LogP contribution in [-0.4, -0.2) is 59.1 Å².